The number of aryl methyl sites for hydroxylation is 1. The molecule has 2 heterocycles. The van der Waals surface area contributed by atoms with Gasteiger partial charge < -0.3 is 10.2 Å². The van der Waals surface area contributed by atoms with Gasteiger partial charge in [0.05, 0.1) is 16.9 Å². The fourth-order valence-electron chi connectivity index (χ4n) is 4.13. The number of benzene rings is 1. The van der Waals surface area contributed by atoms with Gasteiger partial charge in [0.15, 0.2) is 0 Å². The molecule has 3 rings (SSSR count). The van der Waals surface area contributed by atoms with E-state index in [1.807, 2.05) is 6.92 Å². The maximum atomic E-state index is 12.5. The summed E-state index contributed by atoms with van der Waals surface area (Å²) >= 11 is 0. The summed E-state index contributed by atoms with van der Waals surface area (Å²) in [6.45, 7) is 7.20. The van der Waals surface area contributed by atoms with Crippen molar-refractivity contribution in [1.29, 1.82) is 0 Å². The molecule has 0 radical (unpaired) electrons. The van der Waals surface area contributed by atoms with E-state index in [4.69, 9.17) is 4.18 Å². The van der Waals surface area contributed by atoms with Crippen LogP contribution in [0.1, 0.15) is 44.6 Å². The summed E-state index contributed by atoms with van der Waals surface area (Å²) in [5, 5.41) is 3.12. The molecule has 0 unspecified atom stereocenters. The van der Waals surface area contributed by atoms with Crippen LogP contribution in [0.2, 0.25) is 0 Å². The Labute approximate surface area is 162 Å². The first kappa shape index (κ1) is 20.3. The quantitative estimate of drug-likeness (QED) is 0.568. The van der Waals surface area contributed by atoms with Crippen molar-refractivity contribution in [3.05, 3.63) is 29.8 Å². The van der Waals surface area contributed by atoms with Gasteiger partial charge in [0, 0.05) is 6.04 Å². The van der Waals surface area contributed by atoms with Crippen LogP contribution in [0.3, 0.4) is 0 Å². The second kappa shape index (κ2) is 8.29. The molecule has 2 aliphatic heterocycles. The second-order valence-corrected chi connectivity index (χ2v) is 9.44. The normalized spacial score (nSPS) is 22.9. The highest BCUT2D eigenvalue weighted by Crippen LogP contribution is 2.41. The standard InChI is InChI=1S/C20H30N2O4S/c1-3-22-12-10-20(11-13-22)15-17(21-19(20)23)5-4-14-26-27(24,25)18-8-6-16(2)7-9-18/h6-9,17H,3-5,10-15H2,1-2H3,(H,21,23)/t17-/m0/s1. The highest BCUT2D eigenvalue weighted by atomic mass is 32.2. The summed E-state index contributed by atoms with van der Waals surface area (Å²) in [7, 11) is -3.71. The molecule has 0 aliphatic carbocycles. The Morgan fingerprint density at radius 1 is 1.22 bits per heavy atom. The molecule has 1 amide bonds. The summed E-state index contributed by atoms with van der Waals surface area (Å²) < 4.78 is 29.6. The summed E-state index contributed by atoms with van der Waals surface area (Å²) in [5.41, 5.74) is 0.787. The molecule has 27 heavy (non-hydrogen) atoms. The van der Waals surface area contributed by atoms with E-state index in [0.29, 0.717) is 6.42 Å². The largest absolute Gasteiger partial charge is 0.353 e. The number of hydrogen-bond acceptors (Lipinski definition) is 5. The van der Waals surface area contributed by atoms with Crippen LogP contribution in [0, 0.1) is 12.3 Å². The minimum absolute atomic E-state index is 0.122. The van der Waals surface area contributed by atoms with E-state index in [0.717, 1.165) is 50.9 Å². The molecule has 2 saturated heterocycles. The highest BCUT2D eigenvalue weighted by Gasteiger charge is 2.47. The van der Waals surface area contributed by atoms with Crippen molar-refractivity contribution in [3.8, 4) is 0 Å². The molecule has 0 aromatic heterocycles. The molecule has 1 aromatic rings. The van der Waals surface area contributed by atoms with Crippen LogP contribution in [0.4, 0.5) is 0 Å². The van der Waals surface area contributed by atoms with Crippen LogP contribution < -0.4 is 5.32 Å². The van der Waals surface area contributed by atoms with E-state index in [2.05, 4.69) is 17.1 Å². The van der Waals surface area contributed by atoms with Crippen LogP contribution in [0.15, 0.2) is 29.2 Å². The minimum Gasteiger partial charge on any atom is -0.353 e. The first-order valence-corrected chi connectivity index (χ1v) is 11.2. The third-order valence-corrected chi connectivity index (χ3v) is 7.29. The lowest BCUT2D eigenvalue weighted by Crippen LogP contribution is -2.43. The maximum Gasteiger partial charge on any atom is 0.296 e. The molecule has 7 heteroatoms. The lowest BCUT2D eigenvalue weighted by Gasteiger charge is -2.36. The molecule has 6 nitrogen and oxygen atoms in total. The number of nitrogens with zero attached hydrogens (tertiary/aromatic N) is 1. The van der Waals surface area contributed by atoms with Gasteiger partial charge in [-0.3, -0.25) is 8.98 Å². The number of rotatable bonds is 7. The number of amides is 1. The topological polar surface area (TPSA) is 75.7 Å². The molecular formula is C20H30N2O4S. The van der Waals surface area contributed by atoms with E-state index in [1.165, 1.54) is 0 Å². The zero-order valence-corrected chi connectivity index (χ0v) is 17.1. The average Bonchev–Trinajstić information content (AvgIpc) is 2.95. The molecule has 150 valence electrons. The van der Waals surface area contributed by atoms with Gasteiger partial charge in [-0.1, -0.05) is 24.6 Å². The van der Waals surface area contributed by atoms with Crippen molar-refractivity contribution in [3.63, 3.8) is 0 Å². The number of hydrogen-bond donors (Lipinski definition) is 1. The fraction of sp³-hybridized carbons (Fsp3) is 0.650. The monoisotopic (exact) mass is 394 g/mol. The Morgan fingerprint density at radius 3 is 2.52 bits per heavy atom. The van der Waals surface area contributed by atoms with Crippen molar-refractivity contribution in [2.75, 3.05) is 26.2 Å². The molecule has 1 atom stereocenters. The Bertz CT molecular complexity index is 753. The predicted octanol–water partition coefficient (Wildman–Crippen LogP) is 2.47. The first-order chi connectivity index (χ1) is 12.8. The van der Waals surface area contributed by atoms with Crippen molar-refractivity contribution in [1.82, 2.24) is 10.2 Å². The number of nitrogens with one attached hydrogen (secondary N) is 1. The first-order valence-electron chi connectivity index (χ1n) is 9.84. The minimum atomic E-state index is -3.71. The van der Waals surface area contributed by atoms with Gasteiger partial charge in [-0.15, -0.1) is 0 Å². The zero-order chi connectivity index (χ0) is 19.5. The van der Waals surface area contributed by atoms with Crippen molar-refractivity contribution >= 4 is 16.0 Å². The summed E-state index contributed by atoms with van der Waals surface area (Å²) in [6, 6.07) is 6.76. The highest BCUT2D eigenvalue weighted by molar-refractivity contribution is 7.86. The molecule has 2 aliphatic rings. The summed E-state index contributed by atoms with van der Waals surface area (Å²) in [4.78, 5) is 15.1. The molecule has 1 aromatic carbocycles. The molecule has 0 bridgehead atoms. The van der Waals surface area contributed by atoms with Gasteiger partial charge >= 0.3 is 0 Å². The lowest BCUT2D eigenvalue weighted by atomic mass is 9.75. The van der Waals surface area contributed by atoms with Crippen LogP contribution in [-0.2, 0) is 19.1 Å². The Kier molecular flexibility index (Phi) is 6.23. The number of likely N-dealkylation sites (tertiary alicyclic amines) is 1. The summed E-state index contributed by atoms with van der Waals surface area (Å²) in [5.74, 6) is 0.177. The zero-order valence-electron chi connectivity index (χ0n) is 16.2. The molecule has 0 saturated carbocycles. The van der Waals surface area contributed by atoms with E-state index >= 15 is 0 Å². The van der Waals surface area contributed by atoms with Gasteiger partial charge in [0.2, 0.25) is 5.91 Å². The summed E-state index contributed by atoms with van der Waals surface area (Å²) in [6.07, 6.45) is 4.04. The van der Waals surface area contributed by atoms with Crippen molar-refractivity contribution in [2.24, 2.45) is 5.41 Å². The third kappa shape index (κ3) is 4.70. The van der Waals surface area contributed by atoms with Gasteiger partial charge in [-0.2, -0.15) is 8.42 Å². The van der Waals surface area contributed by atoms with Crippen LogP contribution in [-0.4, -0.2) is 51.5 Å². The van der Waals surface area contributed by atoms with Crippen LogP contribution in [0.25, 0.3) is 0 Å². The van der Waals surface area contributed by atoms with Gasteiger partial charge in [0.1, 0.15) is 0 Å². The van der Waals surface area contributed by atoms with Gasteiger partial charge in [-0.05, 0) is 70.8 Å². The van der Waals surface area contributed by atoms with E-state index in [9.17, 15) is 13.2 Å². The third-order valence-electron chi connectivity index (χ3n) is 5.96. The number of carbonyl (C=O) groups excluding carboxylic acids is 1. The predicted molar refractivity (Wildman–Crippen MR) is 104 cm³/mol. The average molecular weight is 395 g/mol. The van der Waals surface area contributed by atoms with Crippen molar-refractivity contribution in [2.45, 2.75) is 56.9 Å². The number of piperidine rings is 1. The maximum absolute atomic E-state index is 12.5. The Balaban J connectivity index is 1.45. The van der Waals surface area contributed by atoms with Crippen LogP contribution in [0.5, 0.6) is 0 Å². The van der Waals surface area contributed by atoms with E-state index in [1.54, 1.807) is 24.3 Å². The van der Waals surface area contributed by atoms with Crippen LogP contribution >= 0.6 is 0 Å². The Morgan fingerprint density at radius 2 is 1.89 bits per heavy atom. The van der Waals surface area contributed by atoms with E-state index < -0.39 is 10.1 Å². The number of carbonyl (C=O) groups is 1. The van der Waals surface area contributed by atoms with Crippen molar-refractivity contribution < 1.29 is 17.4 Å². The lowest BCUT2D eigenvalue weighted by molar-refractivity contribution is -0.130. The van der Waals surface area contributed by atoms with E-state index in [-0.39, 0.29) is 28.9 Å². The molecule has 2 fully saturated rings. The smallest absolute Gasteiger partial charge is 0.296 e. The molecule has 1 spiro atoms. The second-order valence-electron chi connectivity index (χ2n) is 7.82. The van der Waals surface area contributed by atoms with Gasteiger partial charge in [0.25, 0.3) is 10.1 Å². The molecule has 1 N–H and O–H groups in total. The Hall–Kier alpha value is -1.44. The fourth-order valence-corrected chi connectivity index (χ4v) is 5.07. The molecular weight excluding hydrogens is 364 g/mol. The SMILES string of the molecule is CCN1CCC2(CC1)C[C@H](CCCOS(=O)(=O)c1ccc(C)cc1)NC2=O. The van der Waals surface area contributed by atoms with Gasteiger partial charge in [-0.25, -0.2) is 0 Å².